The molecule has 0 aliphatic carbocycles. The molecule has 156 valence electrons. The van der Waals surface area contributed by atoms with Gasteiger partial charge in [-0.1, -0.05) is 17.3 Å². The molecule has 4 rings (SSSR count). The minimum atomic E-state index is -0.126. The van der Waals surface area contributed by atoms with E-state index in [0.717, 1.165) is 48.9 Å². The van der Waals surface area contributed by atoms with Gasteiger partial charge in [0, 0.05) is 31.5 Å². The Morgan fingerprint density at radius 3 is 2.60 bits per heavy atom. The molecule has 1 amide bonds. The first-order chi connectivity index (χ1) is 14.6. The summed E-state index contributed by atoms with van der Waals surface area (Å²) in [5, 5.41) is 7.09. The van der Waals surface area contributed by atoms with E-state index in [0.29, 0.717) is 17.9 Å². The highest BCUT2D eigenvalue weighted by Crippen LogP contribution is 2.22. The lowest BCUT2D eigenvalue weighted by molar-refractivity contribution is 0.0926. The highest BCUT2D eigenvalue weighted by molar-refractivity contribution is 5.97. The summed E-state index contributed by atoms with van der Waals surface area (Å²) in [6, 6.07) is 9.20. The second-order valence-corrected chi connectivity index (χ2v) is 7.37. The number of amides is 1. The van der Waals surface area contributed by atoms with E-state index in [4.69, 9.17) is 9.26 Å². The Hall–Kier alpha value is -3.42. The van der Waals surface area contributed by atoms with Crippen LogP contribution in [-0.2, 0) is 6.61 Å². The first-order valence-electron chi connectivity index (χ1n) is 10.1. The average molecular weight is 407 g/mol. The van der Waals surface area contributed by atoms with Crippen molar-refractivity contribution in [2.75, 3.05) is 18.0 Å². The van der Waals surface area contributed by atoms with Crippen LogP contribution in [0.25, 0.3) is 0 Å². The Kier molecular flexibility index (Phi) is 5.92. The molecule has 8 nitrogen and oxygen atoms in total. The van der Waals surface area contributed by atoms with E-state index in [1.165, 1.54) is 0 Å². The van der Waals surface area contributed by atoms with E-state index < -0.39 is 0 Å². The molecule has 3 aromatic rings. The van der Waals surface area contributed by atoms with Gasteiger partial charge in [-0.2, -0.15) is 0 Å². The molecule has 2 aromatic heterocycles. The molecule has 1 aliphatic heterocycles. The Labute approximate surface area is 175 Å². The van der Waals surface area contributed by atoms with E-state index in [-0.39, 0.29) is 11.9 Å². The molecule has 1 N–H and O–H groups in total. The van der Waals surface area contributed by atoms with Crippen molar-refractivity contribution in [3.63, 3.8) is 0 Å². The molecule has 0 spiro atoms. The van der Waals surface area contributed by atoms with Crippen LogP contribution in [0.5, 0.6) is 5.75 Å². The molecule has 1 aliphatic rings. The van der Waals surface area contributed by atoms with E-state index in [2.05, 4.69) is 25.3 Å². The average Bonchev–Trinajstić information content (AvgIpc) is 3.11. The van der Waals surface area contributed by atoms with Crippen LogP contribution >= 0.6 is 0 Å². The zero-order valence-electron chi connectivity index (χ0n) is 17.2. The molecule has 0 bridgehead atoms. The topological polar surface area (TPSA) is 93.4 Å². The fourth-order valence-electron chi connectivity index (χ4n) is 3.58. The monoisotopic (exact) mass is 407 g/mol. The Morgan fingerprint density at radius 1 is 1.17 bits per heavy atom. The third kappa shape index (κ3) is 4.42. The van der Waals surface area contributed by atoms with Crippen molar-refractivity contribution >= 4 is 11.9 Å². The summed E-state index contributed by atoms with van der Waals surface area (Å²) in [6.45, 7) is 5.64. The number of para-hydroxylation sites is 1. The van der Waals surface area contributed by atoms with Gasteiger partial charge < -0.3 is 19.5 Å². The molecule has 0 unspecified atom stereocenters. The second kappa shape index (κ2) is 8.94. The summed E-state index contributed by atoms with van der Waals surface area (Å²) in [4.78, 5) is 23.7. The number of hydrogen-bond donors (Lipinski definition) is 1. The lowest BCUT2D eigenvalue weighted by atomic mass is 10.0. The largest absolute Gasteiger partial charge is 0.488 e. The molecule has 8 heteroatoms. The van der Waals surface area contributed by atoms with Gasteiger partial charge in [0.25, 0.3) is 5.91 Å². The molecule has 3 heterocycles. The first-order valence-corrected chi connectivity index (χ1v) is 10.1. The third-order valence-corrected chi connectivity index (χ3v) is 5.35. The minimum Gasteiger partial charge on any atom is -0.488 e. The second-order valence-electron chi connectivity index (χ2n) is 7.37. The third-order valence-electron chi connectivity index (χ3n) is 5.35. The number of aromatic nitrogens is 3. The number of aryl methyl sites for hydroxylation is 2. The number of nitrogens with one attached hydrogen (secondary N) is 1. The van der Waals surface area contributed by atoms with Gasteiger partial charge >= 0.3 is 0 Å². The molecule has 1 saturated heterocycles. The van der Waals surface area contributed by atoms with Crippen LogP contribution in [-0.4, -0.2) is 40.2 Å². The number of benzene rings is 1. The van der Waals surface area contributed by atoms with Crippen LogP contribution in [0.4, 0.5) is 5.95 Å². The van der Waals surface area contributed by atoms with Gasteiger partial charge in [0.15, 0.2) is 0 Å². The lowest BCUT2D eigenvalue weighted by Gasteiger charge is -2.32. The summed E-state index contributed by atoms with van der Waals surface area (Å²) in [5.41, 5.74) is 2.22. The summed E-state index contributed by atoms with van der Waals surface area (Å²) in [5.74, 6) is 1.88. The van der Waals surface area contributed by atoms with Gasteiger partial charge in [-0.25, -0.2) is 9.97 Å². The Balaban J connectivity index is 1.36. The molecule has 1 aromatic carbocycles. The summed E-state index contributed by atoms with van der Waals surface area (Å²) in [6.07, 6.45) is 5.17. The van der Waals surface area contributed by atoms with Gasteiger partial charge in [0.05, 0.1) is 16.8 Å². The summed E-state index contributed by atoms with van der Waals surface area (Å²) < 4.78 is 11.1. The molecule has 0 atom stereocenters. The maximum atomic E-state index is 12.9. The number of anilines is 1. The van der Waals surface area contributed by atoms with E-state index in [1.807, 2.05) is 38.1 Å². The van der Waals surface area contributed by atoms with Crippen LogP contribution in [0.15, 0.2) is 47.2 Å². The highest BCUT2D eigenvalue weighted by Gasteiger charge is 2.23. The zero-order valence-corrected chi connectivity index (χ0v) is 17.2. The van der Waals surface area contributed by atoms with Crippen molar-refractivity contribution in [2.24, 2.45) is 0 Å². The molecular formula is C22H25N5O3. The Morgan fingerprint density at radius 2 is 1.90 bits per heavy atom. The van der Waals surface area contributed by atoms with E-state index >= 15 is 0 Å². The van der Waals surface area contributed by atoms with Gasteiger partial charge in [-0.05, 0) is 44.9 Å². The van der Waals surface area contributed by atoms with Crippen LogP contribution in [0, 0.1) is 13.8 Å². The molecular weight excluding hydrogens is 382 g/mol. The van der Waals surface area contributed by atoms with Crippen molar-refractivity contribution in [3.8, 4) is 5.75 Å². The van der Waals surface area contributed by atoms with Crippen molar-refractivity contribution in [2.45, 2.75) is 39.3 Å². The number of piperidine rings is 1. The first kappa shape index (κ1) is 19.9. The highest BCUT2D eigenvalue weighted by atomic mass is 16.5. The summed E-state index contributed by atoms with van der Waals surface area (Å²) >= 11 is 0. The van der Waals surface area contributed by atoms with Crippen LogP contribution in [0.3, 0.4) is 0 Å². The zero-order chi connectivity index (χ0) is 20.9. The quantitative estimate of drug-likeness (QED) is 0.671. The summed E-state index contributed by atoms with van der Waals surface area (Å²) in [7, 11) is 0. The smallest absolute Gasteiger partial charge is 0.255 e. The van der Waals surface area contributed by atoms with Gasteiger partial charge in [-0.3, -0.25) is 4.79 Å². The van der Waals surface area contributed by atoms with Crippen molar-refractivity contribution < 1.29 is 14.1 Å². The number of carbonyl (C=O) groups is 1. The molecule has 30 heavy (non-hydrogen) atoms. The van der Waals surface area contributed by atoms with E-state index in [1.54, 1.807) is 18.5 Å². The minimum absolute atomic E-state index is 0.105. The molecule has 0 radical (unpaired) electrons. The lowest BCUT2D eigenvalue weighted by Crippen LogP contribution is -2.45. The van der Waals surface area contributed by atoms with Crippen LogP contribution in [0.2, 0.25) is 0 Å². The maximum Gasteiger partial charge on any atom is 0.255 e. The number of rotatable bonds is 6. The Bertz CT molecular complexity index is 978. The SMILES string of the molecule is Cc1noc(C)c1COc1ccccc1C(=O)NC1CCN(c2ncccn2)CC1. The van der Waals surface area contributed by atoms with Gasteiger partial charge in [0.1, 0.15) is 18.1 Å². The maximum absolute atomic E-state index is 12.9. The fourth-order valence-corrected chi connectivity index (χ4v) is 3.58. The van der Waals surface area contributed by atoms with Gasteiger partial charge in [0.2, 0.25) is 5.95 Å². The molecule has 1 fully saturated rings. The van der Waals surface area contributed by atoms with Crippen LogP contribution in [0.1, 0.15) is 40.2 Å². The van der Waals surface area contributed by atoms with Crippen molar-refractivity contribution in [3.05, 3.63) is 65.3 Å². The normalized spacial score (nSPS) is 14.5. The predicted molar refractivity (Wildman–Crippen MR) is 111 cm³/mol. The van der Waals surface area contributed by atoms with E-state index in [9.17, 15) is 4.79 Å². The number of hydrogen-bond acceptors (Lipinski definition) is 7. The number of nitrogens with zero attached hydrogens (tertiary/aromatic N) is 4. The predicted octanol–water partition coefficient (Wildman–Crippen LogP) is 3.06. The molecule has 0 saturated carbocycles. The standard InChI is InChI=1S/C22H25N5O3/c1-15-19(16(2)30-26-15)14-29-20-7-4-3-6-18(20)21(28)25-17-8-12-27(13-9-17)22-23-10-5-11-24-22/h3-7,10-11,17H,8-9,12-14H2,1-2H3,(H,25,28). The van der Waals surface area contributed by atoms with Gasteiger partial charge in [-0.15, -0.1) is 0 Å². The number of carbonyl (C=O) groups excluding carboxylic acids is 1. The number of ether oxygens (including phenoxy) is 1. The van der Waals surface area contributed by atoms with Crippen molar-refractivity contribution in [1.82, 2.24) is 20.4 Å². The van der Waals surface area contributed by atoms with Crippen LogP contribution < -0.4 is 15.0 Å². The van der Waals surface area contributed by atoms with Crippen molar-refractivity contribution in [1.29, 1.82) is 0 Å². The fraction of sp³-hybridized carbons (Fsp3) is 0.364.